The highest BCUT2D eigenvalue weighted by Crippen LogP contribution is 2.35. The molecular weight excluding hydrogens is 364 g/mol. The van der Waals surface area contributed by atoms with Gasteiger partial charge in [0.2, 0.25) is 5.91 Å². The molecule has 29 heavy (non-hydrogen) atoms. The van der Waals surface area contributed by atoms with Gasteiger partial charge in [-0.3, -0.25) is 9.59 Å². The Kier molecular flexibility index (Phi) is 6.91. The van der Waals surface area contributed by atoms with Crippen LogP contribution in [-0.4, -0.2) is 43.5 Å². The van der Waals surface area contributed by atoms with E-state index in [0.717, 1.165) is 24.0 Å². The molecule has 3 rings (SSSR count). The monoisotopic (exact) mass is 394 g/mol. The van der Waals surface area contributed by atoms with Crippen molar-refractivity contribution in [2.24, 2.45) is 5.92 Å². The lowest BCUT2D eigenvalue weighted by Crippen LogP contribution is -2.36. The number of carbonyl (C=O) groups excluding carboxylic acids is 2. The molecule has 2 atom stereocenters. The maximum absolute atomic E-state index is 13.1. The number of carbonyl (C=O) groups is 2. The number of nitrogens with one attached hydrogen (secondary N) is 1. The molecule has 1 N–H and O–H groups in total. The van der Waals surface area contributed by atoms with Crippen molar-refractivity contribution >= 4 is 11.8 Å². The summed E-state index contributed by atoms with van der Waals surface area (Å²) in [7, 11) is 1.59. The Labute approximate surface area is 173 Å². The van der Waals surface area contributed by atoms with Gasteiger partial charge in [0, 0.05) is 31.1 Å². The second kappa shape index (κ2) is 9.59. The fourth-order valence-electron chi connectivity index (χ4n) is 4.01. The molecule has 1 heterocycles. The molecule has 1 aliphatic heterocycles. The Morgan fingerprint density at radius 3 is 2.66 bits per heavy atom. The van der Waals surface area contributed by atoms with E-state index in [1.54, 1.807) is 24.1 Å². The Balaban J connectivity index is 1.84. The van der Waals surface area contributed by atoms with Crippen LogP contribution in [0.25, 0.3) is 0 Å². The third kappa shape index (κ3) is 4.78. The van der Waals surface area contributed by atoms with Crippen LogP contribution in [0.1, 0.15) is 47.2 Å². The number of unbranched alkanes of at least 4 members (excludes halogenated alkanes) is 1. The summed E-state index contributed by atoms with van der Waals surface area (Å²) in [6, 6.07) is 15.3. The van der Waals surface area contributed by atoms with Crippen LogP contribution in [0.15, 0.2) is 48.5 Å². The zero-order valence-electron chi connectivity index (χ0n) is 17.5. The summed E-state index contributed by atoms with van der Waals surface area (Å²) in [5.74, 6) is 0.369. The summed E-state index contributed by atoms with van der Waals surface area (Å²) in [5, 5.41) is 3.07. The molecule has 2 aromatic rings. The standard InChI is InChI=1S/C24H30N2O3/c1-4-5-13-25-23(27)22-16-26(15-21(22)20-12-7-6-9-17(20)2)24(28)18-10-8-11-19(14-18)29-3/h6-12,14,21-22H,4-5,13,15-16H2,1-3H3,(H,25,27). The highest BCUT2D eigenvalue weighted by Gasteiger charge is 2.41. The number of ether oxygens (including phenoxy) is 1. The molecular formula is C24H30N2O3. The zero-order chi connectivity index (χ0) is 20.8. The molecule has 2 aromatic carbocycles. The molecule has 0 aliphatic carbocycles. The molecule has 0 bridgehead atoms. The van der Waals surface area contributed by atoms with Crippen molar-refractivity contribution < 1.29 is 14.3 Å². The van der Waals surface area contributed by atoms with E-state index >= 15 is 0 Å². The number of benzene rings is 2. The van der Waals surface area contributed by atoms with Gasteiger partial charge >= 0.3 is 0 Å². The highest BCUT2D eigenvalue weighted by molar-refractivity contribution is 5.95. The van der Waals surface area contributed by atoms with Gasteiger partial charge in [0.05, 0.1) is 13.0 Å². The van der Waals surface area contributed by atoms with Gasteiger partial charge < -0.3 is 15.0 Å². The van der Waals surface area contributed by atoms with Crippen LogP contribution in [0.3, 0.4) is 0 Å². The maximum atomic E-state index is 13.1. The minimum Gasteiger partial charge on any atom is -0.497 e. The van der Waals surface area contributed by atoms with Gasteiger partial charge in [-0.05, 0) is 42.7 Å². The summed E-state index contributed by atoms with van der Waals surface area (Å²) in [6.07, 6.45) is 1.99. The van der Waals surface area contributed by atoms with Crippen LogP contribution >= 0.6 is 0 Å². The van der Waals surface area contributed by atoms with Crippen LogP contribution in [0.2, 0.25) is 0 Å². The average molecular weight is 395 g/mol. The van der Waals surface area contributed by atoms with Gasteiger partial charge in [-0.15, -0.1) is 0 Å². The molecule has 2 unspecified atom stereocenters. The van der Waals surface area contributed by atoms with E-state index in [1.807, 2.05) is 24.3 Å². The minimum absolute atomic E-state index is 0.00705. The van der Waals surface area contributed by atoms with E-state index in [1.165, 1.54) is 0 Å². The lowest BCUT2D eigenvalue weighted by atomic mass is 9.86. The summed E-state index contributed by atoms with van der Waals surface area (Å²) in [6.45, 7) is 5.80. The van der Waals surface area contributed by atoms with Gasteiger partial charge in [0.1, 0.15) is 5.75 Å². The van der Waals surface area contributed by atoms with Crippen molar-refractivity contribution in [2.45, 2.75) is 32.6 Å². The first-order chi connectivity index (χ1) is 14.0. The lowest BCUT2D eigenvalue weighted by molar-refractivity contribution is -0.124. The molecule has 0 spiro atoms. The second-order valence-corrected chi connectivity index (χ2v) is 7.66. The van der Waals surface area contributed by atoms with Crippen molar-refractivity contribution in [1.29, 1.82) is 0 Å². The number of methoxy groups -OCH3 is 1. The van der Waals surface area contributed by atoms with E-state index in [9.17, 15) is 9.59 Å². The molecule has 0 aromatic heterocycles. The third-order valence-corrected chi connectivity index (χ3v) is 5.68. The number of hydrogen-bond acceptors (Lipinski definition) is 3. The topological polar surface area (TPSA) is 58.6 Å². The van der Waals surface area contributed by atoms with Crippen LogP contribution in [-0.2, 0) is 4.79 Å². The van der Waals surface area contributed by atoms with E-state index in [2.05, 4.69) is 31.3 Å². The number of nitrogens with zero attached hydrogens (tertiary/aromatic N) is 1. The predicted octanol–water partition coefficient (Wildman–Crippen LogP) is 3.78. The number of rotatable bonds is 7. The Bertz CT molecular complexity index is 865. The summed E-state index contributed by atoms with van der Waals surface area (Å²) in [4.78, 5) is 27.9. The van der Waals surface area contributed by atoms with Gasteiger partial charge in [-0.1, -0.05) is 43.7 Å². The quantitative estimate of drug-likeness (QED) is 0.727. The molecule has 2 amide bonds. The van der Waals surface area contributed by atoms with Crippen LogP contribution in [0, 0.1) is 12.8 Å². The summed E-state index contributed by atoms with van der Waals surface area (Å²) >= 11 is 0. The number of amides is 2. The molecule has 0 radical (unpaired) electrons. The molecule has 5 nitrogen and oxygen atoms in total. The largest absolute Gasteiger partial charge is 0.497 e. The van der Waals surface area contributed by atoms with E-state index < -0.39 is 0 Å². The normalized spacial score (nSPS) is 18.5. The van der Waals surface area contributed by atoms with Crippen LogP contribution < -0.4 is 10.1 Å². The molecule has 1 aliphatic rings. The smallest absolute Gasteiger partial charge is 0.254 e. The fourth-order valence-corrected chi connectivity index (χ4v) is 4.01. The van der Waals surface area contributed by atoms with E-state index in [4.69, 9.17) is 4.74 Å². The molecule has 5 heteroatoms. The van der Waals surface area contributed by atoms with Gasteiger partial charge in [-0.2, -0.15) is 0 Å². The van der Waals surface area contributed by atoms with Crippen molar-refractivity contribution in [3.05, 3.63) is 65.2 Å². The predicted molar refractivity (Wildman–Crippen MR) is 114 cm³/mol. The summed E-state index contributed by atoms with van der Waals surface area (Å²) in [5.41, 5.74) is 2.88. The first kappa shape index (κ1) is 20.9. The van der Waals surface area contributed by atoms with Gasteiger partial charge in [0.15, 0.2) is 0 Å². The Hall–Kier alpha value is -2.82. The van der Waals surface area contributed by atoms with Crippen molar-refractivity contribution in [1.82, 2.24) is 10.2 Å². The fraction of sp³-hybridized carbons (Fsp3) is 0.417. The number of likely N-dealkylation sites (tertiary alicyclic amines) is 1. The molecule has 1 fully saturated rings. The third-order valence-electron chi connectivity index (χ3n) is 5.68. The van der Waals surface area contributed by atoms with Crippen LogP contribution in [0.5, 0.6) is 5.75 Å². The van der Waals surface area contributed by atoms with Gasteiger partial charge in [-0.25, -0.2) is 0 Å². The van der Waals surface area contributed by atoms with E-state index in [-0.39, 0.29) is 23.7 Å². The maximum Gasteiger partial charge on any atom is 0.254 e. The average Bonchev–Trinajstić information content (AvgIpc) is 3.19. The first-order valence-corrected chi connectivity index (χ1v) is 10.3. The van der Waals surface area contributed by atoms with Crippen molar-refractivity contribution in [3.8, 4) is 5.75 Å². The van der Waals surface area contributed by atoms with Crippen LogP contribution in [0.4, 0.5) is 0 Å². The van der Waals surface area contributed by atoms with Crippen molar-refractivity contribution in [3.63, 3.8) is 0 Å². The van der Waals surface area contributed by atoms with Crippen molar-refractivity contribution in [2.75, 3.05) is 26.7 Å². The highest BCUT2D eigenvalue weighted by atomic mass is 16.5. The Morgan fingerprint density at radius 1 is 1.14 bits per heavy atom. The first-order valence-electron chi connectivity index (χ1n) is 10.3. The van der Waals surface area contributed by atoms with E-state index in [0.29, 0.717) is 30.9 Å². The number of hydrogen-bond donors (Lipinski definition) is 1. The minimum atomic E-state index is -0.248. The lowest BCUT2D eigenvalue weighted by Gasteiger charge is -2.20. The summed E-state index contributed by atoms with van der Waals surface area (Å²) < 4.78 is 5.25. The molecule has 1 saturated heterocycles. The van der Waals surface area contributed by atoms with Gasteiger partial charge in [0.25, 0.3) is 5.91 Å². The SMILES string of the molecule is CCCCNC(=O)C1CN(C(=O)c2cccc(OC)c2)CC1c1ccccc1C. The number of aryl methyl sites for hydroxylation is 1. The second-order valence-electron chi connectivity index (χ2n) is 7.66. The zero-order valence-corrected chi connectivity index (χ0v) is 17.5. The molecule has 154 valence electrons. The molecule has 0 saturated carbocycles. The Morgan fingerprint density at radius 2 is 1.93 bits per heavy atom.